The van der Waals surface area contributed by atoms with Crippen LogP contribution in [0.1, 0.15) is 67.7 Å². The van der Waals surface area contributed by atoms with Gasteiger partial charge < -0.3 is 16.0 Å². The van der Waals surface area contributed by atoms with Gasteiger partial charge in [-0.05, 0) is 76.9 Å². The maximum Gasteiger partial charge on any atom is 0.280 e. The summed E-state index contributed by atoms with van der Waals surface area (Å²) in [6.45, 7) is 7.06. The third kappa shape index (κ3) is 5.99. The lowest BCUT2D eigenvalue weighted by Gasteiger charge is -2.22. The fourth-order valence-corrected chi connectivity index (χ4v) is 4.98. The molecule has 10 nitrogen and oxygen atoms in total. The summed E-state index contributed by atoms with van der Waals surface area (Å²) in [5.41, 5.74) is 1.11. The molecule has 196 valence electrons. The van der Waals surface area contributed by atoms with Crippen LogP contribution in [0.4, 0.5) is 11.4 Å². The topological polar surface area (TPSA) is 146 Å². The Kier molecular flexibility index (Phi) is 6.85. The second-order valence-corrected chi connectivity index (χ2v) is 13.2. The monoisotopic (exact) mass is 525 g/mol. The maximum atomic E-state index is 13.5. The molecule has 0 unspecified atom stereocenters. The van der Waals surface area contributed by atoms with E-state index < -0.39 is 20.5 Å². The minimum Gasteiger partial charge on any atom is -0.355 e. The van der Waals surface area contributed by atoms with Crippen LogP contribution >= 0.6 is 0 Å². The quantitative estimate of drug-likeness (QED) is 0.454. The molecule has 37 heavy (non-hydrogen) atoms. The first-order valence-corrected chi connectivity index (χ1v) is 13.5. The second kappa shape index (κ2) is 9.62. The molecule has 1 heterocycles. The highest BCUT2D eigenvalue weighted by atomic mass is 32.2. The Morgan fingerprint density at radius 1 is 1.05 bits per heavy atom. The summed E-state index contributed by atoms with van der Waals surface area (Å²) in [5, 5.41) is 11.4. The molecule has 0 spiro atoms. The number of carbonyl (C=O) groups is 3. The Morgan fingerprint density at radius 2 is 1.78 bits per heavy atom. The molecule has 1 aliphatic heterocycles. The molecule has 3 amide bonds. The normalized spacial score (nSPS) is 17.9. The number of amides is 3. The molecule has 4 N–H and O–H groups in total. The summed E-state index contributed by atoms with van der Waals surface area (Å²) in [4.78, 5) is 40.9. The molecule has 2 aliphatic rings. The number of nitrogens with zero attached hydrogens (tertiary/aromatic N) is 1. The van der Waals surface area contributed by atoms with E-state index in [1.807, 2.05) is 6.92 Å². The van der Waals surface area contributed by atoms with Gasteiger partial charge in [-0.2, -0.15) is 4.99 Å². The Labute approximate surface area is 216 Å². The largest absolute Gasteiger partial charge is 0.355 e. The molecule has 2 fully saturated rings. The summed E-state index contributed by atoms with van der Waals surface area (Å²) in [6.07, 6.45) is 2.14. The molecule has 2 aromatic carbocycles. The van der Waals surface area contributed by atoms with Crippen LogP contribution in [0, 0.1) is 0 Å². The summed E-state index contributed by atoms with van der Waals surface area (Å²) in [7, 11) is -3.90. The summed E-state index contributed by atoms with van der Waals surface area (Å²) in [5.74, 6) is -1.13. The third-order valence-corrected chi connectivity index (χ3v) is 8.79. The van der Waals surface area contributed by atoms with Crippen molar-refractivity contribution in [3.8, 4) is 0 Å². The van der Waals surface area contributed by atoms with E-state index in [9.17, 15) is 22.8 Å². The average molecular weight is 526 g/mol. The molecule has 11 heteroatoms. The highest BCUT2D eigenvalue weighted by Crippen LogP contribution is 2.35. The van der Waals surface area contributed by atoms with E-state index in [0.717, 1.165) is 12.8 Å². The van der Waals surface area contributed by atoms with E-state index in [-0.39, 0.29) is 45.9 Å². The number of hydrogen-bond donors (Lipinski definition) is 4. The lowest BCUT2D eigenvalue weighted by molar-refractivity contribution is -0.120. The van der Waals surface area contributed by atoms with Crippen molar-refractivity contribution in [2.24, 2.45) is 4.99 Å². The molecule has 1 aliphatic carbocycles. The van der Waals surface area contributed by atoms with Gasteiger partial charge in [-0.15, -0.1) is 0 Å². The SMILES string of the molecule is CC1(NC(=O)c2cccc(Nc3ccc(C(=O)/N=C4\NCCC(=O)N4)cc3S(=O)(=O)C(C)(C)C)c2)CC1. The summed E-state index contributed by atoms with van der Waals surface area (Å²) >= 11 is 0. The van der Waals surface area contributed by atoms with Gasteiger partial charge in [-0.1, -0.05) is 6.07 Å². The van der Waals surface area contributed by atoms with E-state index in [0.29, 0.717) is 17.8 Å². The number of sulfone groups is 1. The van der Waals surface area contributed by atoms with Crippen LogP contribution in [-0.4, -0.2) is 48.9 Å². The minimum atomic E-state index is -3.90. The van der Waals surface area contributed by atoms with Crippen molar-refractivity contribution in [1.82, 2.24) is 16.0 Å². The average Bonchev–Trinajstić information content (AvgIpc) is 3.55. The number of rotatable bonds is 6. The van der Waals surface area contributed by atoms with Gasteiger partial charge in [-0.25, -0.2) is 8.42 Å². The number of carbonyl (C=O) groups excluding carboxylic acids is 3. The maximum absolute atomic E-state index is 13.5. The van der Waals surface area contributed by atoms with Gasteiger partial charge in [0.25, 0.3) is 11.8 Å². The van der Waals surface area contributed by atoms with Crippen LogP contribution < -0.4 is 21.3 Å². The fraction of sp³-hybridized carbons (Fsp3) is 0.385. The number of aliphatic imine (C=N–C) groups is 1. The minimum absolute atomic E-state index is 0.0267. The first-order valence-electron chi connectivity index (χ1n) is 12.0. The Bertz CT molecular complexity index is 1400. The number of hydrogen-bond acceptors (Lipinski definition) is 6. The highest BCUT2D eigenvalue weighted by molar-refractivity contribution is 7.93. The van der Waals surface area contributed by atoms with Gasteiger partial charge in [0.05, 0.1) is 15.3 Å². The Hall–Kier alpha value is -3.73. The van der Waals surface area contributed by atoms with Gasteiger partial charge in [0.1, 0.15) is 0 Å². The van der Waals surface area contributed by atoms with Crippen molar-refractivity contribution in [2.75, 3.05) is 11.9 Å². The van der Waals surface area contributed by atoms with Crippen molar-refractivity contribution in [2.45, 2.75) is 62.1 Å². The highest BCUT2D eigenvalue weighted by Gasteiger charge is 2.39. The van der Waals surface area contributed by atoms with Crippen LogP contribution in [0.5, 0.6) is 0 Å². The zero-order valence-corrected chi connectivity index (χ0v) is 22.1. The molecular weight excluding hydrogens is 494 g/mol. The van der Waals surface area contributed by atoms with E-state index in [1.54, 1.807) is 45.0 Å². The van der Waals surface area contributed by atoms with Crippen LogP contribution in [0.25, 0.3) is 0 Å². The van der Waals surface area contributed by atoms with E-state index in [2.05, 4.69) is 26.3 Å². The molecule has 0 aromatic heterocycles. The standard InChI is InChI=1S/C26H31N5O5S/c1-25(2,3)37(35,36)20-15-17(22(33)30-24-27-13-10-21(32)29-24)8-9-19(20)28-18-7-5-6-16(14-18)23(34)31-26(4)11-12-26/h5-9,14-15,28H,10-13H2,1-4H3,(H,31,34)(H2,27,29,30,32,33). The first kappa shape index (κ1) is 26.3. The van der Waals surface area contributed by atoms with Crippen molar-refractivity contribution >= 4 is 44.9 Å². The second-order valence-electron chi connectivity index (χ2n) is 10.5. The molecular formula is C26H31N5O5S. The lowest BCUT2D eigenvalue weighted by Crippen LogP contribution is -2.48. The lowest BCUT2D eigenvalue weighted by atomic mass is 10.1. The zero-order valence-electron chi connectivity index (χ0n) is 21.3. The van der Waals surface area contributed by atoms with Crippen LogP contribution in [0.2, 0.25) is 0 Å². The number of nitrogens with one attached hydrogen (secondary N) is 4. The van der Waals surface area contributed by atoms with Crippen LogP contribution in [-0.2, 0) is 14.6 Å². The van der Waals surface area contributed by atoms with Crippen LogP contribution in [0.15, 0.2) is 52.4 Å². The van der Waals surface area contributed by atoms with Gasteiger partial charge >= 0.3 is 0 Å². The Balaban J connectivity index is 1.67. The van der Waals surface area contributed by atoms with E-state index >= 15 is 0 Å². The Morgan fingerprint density at radius 3 is 2.43 bits per heavy atom. The van der Waals surface area contributed by atoms with Crippen molar-refractivity contribution in [1.29, 1.82) is 0 Å². The molecule has 0 atom stereocenters. The molecule has 1 saturated heterocycles. The smallest absolute Gasteiger partial charge is 0.280 e. The number of guanidine groups is 1. The summed E-state index contributed by atoms with van der Waals surface area (Å²) < 4.78 is 25.8. The van der Waals surface area contributed by atoms with Crippen molar-refractivity contribution < 1.29 is 22.8 Å². The van der Waals surface area contributed by atoms with Crippen molar-refractivity contribution in [3.05, 3.63) is 53.6 Å². The molecule has 4 rings (SSSR count). The van der Waals surface area contributed by atoms with Crippen molar-refractivity contribution in [3.63, 3.8) is 0 Å². The third-order valence-electron chi connectivity index (χ3n) is 6.26. The predicted octanol–water partition coefficient (Wildman–Crippen LogP) is 2.89. The van der Waals surface area contributed by atoms with E-state index in [4.69, 9.17) is 0 Å². The van der Waals surface area contributed by atoms with Gasteiger partial charge in [0.15, 0.2) is 9.84 Å². The molecule has 1 saturated carbocycles. The molecule has 2 aromatic rings. The predicted molar refractivity (Wildman–Crippen MR) is 141 cm³/mol. The van der Waals surface area contributed by atoms with Crippen LogP contribution in [0.3, 0.4) is 0 Å². The molecule has 0 bridgehead atoms. The van der Waals surface area contributed by atoms with Gasteiger partial charge in [-0.3, -0.25) is 19.7 Å². The van der Waals surface area contributed by atoms with Gasteiger partial charge in [0.2, 0.25) is 11.9 Å². The number of anilines is 2. The van der Waals surface area contributed by atoms with Gasteiger partial charge in [0, 0.05) is 35.3 Å². The zero-order chi connectivity index (χ0) is 27.0. The number of benzene rings is 2. The molecule has 0 radical (unpaired) electrons. The first-order chi connectivity index (χ1) is 17.3. The summed E-state index contributed by atoms with van der Waals surface area (Å²) in [6, 6.07) is 11.0. The fourth-order valence-electron chi connectivity index (χ4n) is 3.63. The van der Waals surface area contributed by atoms with E-state index in [1.165, 1.54) is 18.2 Å².